The monoisotopic (exact) mass is 264 g/mol. The molecule has 104 valence electrons. The highest BCUT2D eigenvalue weighted by molar-refractivity contribution is 5.68. The van der Waals surface area contributed by atoms with Gasteiger partial charge in [-0.1, -0.05) is 18.9 Å². The van der Waals surface area contributed by atoms with Crippen molar-refractivity contribution in [2.75, 3.05) is 12.4 Å². The Morgan fingerprint density at radius 3 is 2.68 bits per heavy atom. The molecule has 0 spiro atoms. The molecule has 1 N–H and O–H groups in total. The largest absolute Gasteiger partial charge is 0.490 e. The van der Waals surface area contributed by atoms with E-state index in [2.05, 4.69) is 12.2 Å². The van der Waals surface area contributed by atoms with Crippen LogP contribution in [0.5, 0.6) is 5.75 Å². The van der Waals surface area contributed by atoms with Gasteiger partial charge in [0, 0.05) is 6.04 Å². The molecule has 1 saturated carbocycles. The van der Waals surface area contributed by atoms with Gasteiger partial charge in [0.15, 0.2) is 5.75 Å². The molecular weight excluding hydrogens is 244 g/mol. The zero-order valence-corrected chi connectivity index (χ0v) is 11.4. The Hall–Kier alpha value is -1.78. The van der Waals surface area contributed by atoms with Crippen LogP contribution in [0.25, 0.3) is 0 Å². The second-order valence-corrected chi connectivity index (χ2v) is 5.09. The number of nitro benzene ring substituents is 1. The average molecular weight is 264 g/mol. The Morgan fingerprint density at radius 2 is 2.11 bits per heavy atom. The van der Waals surface area contributed by atoms with Crippen LogP contribution in [0.3, 0.4) is 0 Å². The van der Waals surface area contributed by atoms with Crippen molar-refractivity contribution in [2.24, 2.45) is 5.92 Å². The highest BCUT2D eigenvalue weighted by Gasteiger charge is 2.25. The molecule has 2 rings (SSSR count). The number of nitrogens with one attached hydrogen (secondary N) is 1. The molecule has 1 aromatic rings. The third kappa shape index (κ3) is 2.97. The fraction of sp³-hybridized carbons (Fsp3) is 0.571. The van der Waals surface area contributed by atoms with Gasteiger partial charge in [0.2, 0.25) is 0 Å². The zero-order valence-electron chi connectivity index (χ0n) is 11.4. The van der Waals surface area contributed by atoms with Crippen molar-refractivity contribution in [1.82, 2.24) is 0 Å². The summed E-state index contributed by atoms with van der Waals surface area (Å²) in [5.74, 6) is 0.902. The van der Waals surface area contributed by atoms with Crippen LogP contribution in [0.15, 0.2) is 18.2 Å². The van der Waals surface area contributed by atoms with Crippen LogP contribution in [0.4, 0.5) is 11.4 Å². The third-order valence-corrected chi connectivity index (χ3v) is 3.89. The lowest BCUT2D eigenvalue weighted by molar-refractivity contribution is -0.384. The van der Waals surface area contributed by atoms with E-state index in [0.717, 1.165) is 0 Å². The van der Waals surface area contributed by atoms with E-state index < -0.39 is 0 Å². The first-order chi connectivity index (χ1) is 9.13. The van der Waals surface area contributed by atoms with E-state index in [9.17, 15) is 10.1 Å². The Balaban J connectivity index is 2.21. The molecule has 0 bridgehead atoms. The quantitative estimate of drug-likeness (QED) is 0.652. The molecule has 0 amide bonds. The fourth-order valence-electron chi connectivity index (χ4n) is 2.81. The first kappa shape index (κ1) is 13.6. The lowest BCUT2D eigenvalue weighted by Gasteiger charge is -2.21. The van der Waals surface area contributed by atoms with Gasteiger partial charge in [0.1, 0.15) is 5.69 Å². The lowest BCUT2D eigenvalue weighted by Crippen LogP contribution is -2.24. The number of hydrogen-bond donors (Lipinski definition) is 1. The van der Waals surface area contributed by atoms with Gasteiger partial charge in [0.25, 0.3) is 0 Å². The Labute approximate surface area is 113 Å². The number of hydrogen-bond acceptors (Lipinski definition) is 4. The van der Waals surface area contributed by atoms with Crippen LogP contribution in [-0.2, 0) is 0 Å². The minimum absolute atomic E-state index is 0.0230. The van der Waals surface area contributed by atoms with Crippen LogP contribution >= 0.6 is 0 Å². The smallest absolute Gasteiger partial charge is 0.333 e. The third-order valence-electron chi connectivity index (χ3n) is 3.89. The van der Waals surface area contributed by atoms with Crippen molar-refractivity contribution in [3.63, 3.8) is 0 Å². The number of anilines is 1. The molecule has 1 aliphatic rings. The number of benzene rings is 1. The van der Waals surface area contributed by atoms with Crippen LogP contribution < -0.4 is 10.1 Å². The molecule has 1 fully saturated rings. The zero-order chi connectivity index (χ0) is 13.8. The average Bonchev–Trinajstić information content (AvgIpc) is 2.92. The van der Waals surface area contributed by atoms with Gasteiger partial charge in [-0.25, -0.2) is 0 Å². The van der Waals surface area contributed by atoms with Crippen molar-refractivity contribution < 1.29 is 9.66 Å². The number of nitro groups is 1. The van der Waals surface area contributed by atoms with Crippen molar-refractivity contribution in [3.8, 4) is 5.75 Å². The van der Waals surface area contributed by atoms with Crippen LogP contribution in [0.2, 0.25) is 0 Å². The summed E-state index contributed by atoms with van der Waals surface area (Å²) >= 11 is 0. The summed E-state index contributed by atoms with van der Waals surface area (Å²) in [5.41, 5.74) is 0.568. The molecule has 1 atom stereocenters. The highest BCUT2D eigenvalue weighted by Crippen LogP contribution is 2.36. The summed E-state index contributed by atoms with van der Waals surface area (Å²) in [6.07, 6.45) is 4.92. The van der Waals surface area contributed by atoms with Crippen LogP contribution in [-0.4, -0.2) is 18.1 Å². The molecule has 0 aliphatic heterocycles. The number of rotatable bonds is 5. The van der Waals surface area contributed by atoms with Gasteiger partial charge < -0.3 is 10.1 Å². The van der Waals surface area contributed by atoms with E-state index in [4.69, 9.17) is 4.74 Å². The number of methoxy groups -OCH3 is 1. The second-order valence-electron chi connectivity index (χ2n) is 5.09. The summed E-state index contributed by atoms with van der Waals surface area (Å²) in [4.78, 5) is 10.8. The minimum Gasteiger partial charge on any atom is -0.490 e. The SMILES string of the molecule is COc1cccc(NC(C)C2CCCC2)c1[N+](=O)[O-]. The maximum atomic E-state index is 11.2. The van der Waals surface area contributed by atoms with Gasteiger partial charge in [-0.05, 0) is 37.8 Å². The highest BCUT2D eigenvalue weighted by atomic mass is 16.6. The van der Waals surface area contributed by atoms with E-state index in [1.165, 1.54) is 32.8 Å². The minimum atomic E-state index is -0.386. The second kappa shape index (κ2) is 5.91. The summed E-state index contributed by atoms with van der Waals surface area (Å²) < 4.78 is 5.07. The maximum absolute atomic E-state index is 11.2. The van der Waals surface area contributed by atoms with E-state index in [1.807, 2.05) is 0 Å². The topological polar surface area (TPSA) is 64.4 Å². The van der Waals surface area contributed by atoms with E-state index in [1.54, 1.807) is 18.2 Å². The Kier molecular flexibility index (Phi) is 4.24. The number of ether oxygens (including phenoxy) is 1. The van der Waals surface area contributed by atoms with Gasteiger partial charge >= 0.3 is 5.69 Å². The lowest BCUT2D eigenvalue weighted by atomic mass is 9.99. The predicted molar refractivity (Wildman–Crippen MR) is 74.7 cm³/mol. The molecule has 0 saturated heterocycles. The molecule has 5 nitrogen and oxygen atoms in total. The van der Waals surface area contributed by atoms with E-state index in [-0.39, 0.29) is 16.7 Å². The van der Waals surface area contributed by atoms with Gasteiger partial charge in [-0.3, -0.25) is 10.1 Å². The van der Waals surface area contributed by atoms with E-state index in [0.29, 0.717) is 17.4 Å². The standard InChI is InChI=1S/C14H20N2O3/c1-10(11-6-3-4-7-11)15-12-8-5-9-13(19-2)14(12)16(17)18/h5,8-11,15H,3-4,6-7H2,1-2H3. The molecule has 1 aliphatic carbocycles. The first-order valence-electron chi connectivity index (χ1n) is 6.71. The van der Waals surface area contributed by atoms with Crippen LogP contribution in [0, 0.1) is 16.0 Å². The van der Waals surface area contributed by atoms with E-state index >= 15 is 0 Å². The molecule has 19 heavy (non-hydrogen) atoms. The molecule has 0 heterocycles. The predicted octanol–water partition coefficient (Wildman–Crippen LogP) is 3.59. The molecule has 0 aromatic heterocycles. The van der Waals surface area contributed by atoms with Crippen molar-refractivity contribution >= 4 is 11.4 Å². The Morgan fingerprint density at radius 1 is 1.42 bits per heavy atom. The molecule has 5 heteroatoms. The van der Waals surface area contributed by atoms with Gasteiger partial charge in [-0.15, -0.1) is 0 Å². The van der Waals surface area contributed by atoms with Crippen molar-refractivity contribution in [1.29, 1.82) is 0 Å². The number of para-hydroxylation sites is 1. The van der Waals surface area contributed by atoms with Gasteiger partial charge in [-0.2, -0.15) is 0 Å². The van der Waals surface area contributed by atoms with Crippen LogP contribution in [0.1, 0.15) is 32.6 Å². The fourth-order valence-corrected chi connectivity index (χ4v) is 2.81. The Bertz CT molecular complexity index is 456. The maximum Gasteiger partial charge on any atom is 0.333 e. The van der Waals surface area contributed by atoms with Crippen molar-refractivity contribution in [2.45, 2.75) is 38.6 Å². The molecule has 0 radical (unpaired) electrons. The number of nitrogens with zero attached hydrogens (tertiary/aromatic N) is 1. The molecule has 1 aromatic carbocycles. The van der Waals surface area contributed by atoms with Crippen molar-refractivity contribution in [3.05, 3.63) is 28.3 Å². The summed E-state index contributed by atoms with van der Waals surface area (Å²) in [6, 6.07) is 5.37. The molecule has 1 unspecified atom stereocenters. The molecular formula is C14H20N2O3. The summed E-state index contributed by atoms with van der Waals surface area (Å²) in [7, 11) is 1.45. The summed E-state index contributed by atoms with van der Waals surface area (Å²) in [5, 5.41) is 14.5. The van der Waals surface area contributed by atoms with Gasteiger partial charge in [0.05, 0.1) is 12.0 Å². The first-order valence-corrected chi connectivity index (χ1v) is 6.71. The normalized spacial score (nSPS) is 17.2. The summed E-state index contributed by atoms with van der Waals surface area (Å²) in [6.45, 7) is 2.10.